The second-order valence-electron chi connectivity index (χ2n) is 4.21. The van der Waals surface area contributed by atoms with Crippen molar-refractivity contribution in [3.8, 4) is 0 Å². The van der Waals surface area contributed by atoms with E-state index in [4.69, 9.17) is 15.7 Å². The lowest BCUT2D eigenvalue weighted by atomic mass is 10.1. The molecule has 0 heterocycles. The second-order valence-corrected chi connectivity index (χ2v) is 4.62. The molecule has 3 heteroatoms. The Morgan fingerprint density at radius 3 is 2.47 bits per heavy atom. The van der Waals surface area contributed by atoms with Gasteiger partial charge < -0.3 is 5.32 Å². The van der Waals surface area contributed by atoms with Crippen LogP contribution in [0.5, 0.6) is 0 Å². The standard InChI is InChI=1S/C16H18ClN.ClH/c1-13(11-14-7-3-2-4-8-14)18-12-15-9-5-6-10-16(15)17;/h2-10,13,18H,11-12H2,1H3;1H/t13-;/m1./s1/i1D3;. The first-order valence-electron chi connectivity index (χ1n) is 7.47. The first-order valence-corrected chi connectivity index (χ1v) is 6.35. The van der Waals surface area contributed by atoms with Crippen LogP contribution >= 0.6 is 24.0 Å². The maximum atomic E-state index is 7.70. The van der Waals surface area contributed by atoms with Crippen molar-refractivity contribution >= 4 is 24.0 Å². The molecule has 2 aromatic carbocycles. The fourth-order valence-electron chi connectivity index (χ4n) is 1.80. The summed E-state index contributed by atoms with van der Waals surface area (Å²) in [5, 5.41) is 3.77. The molecule has 0 unspecified atom stereocenters. The fraction of sp³-hybridized carbons (Fsp3) is 0.250. The van der Waals surface area contributed by atoms with E-state index in [-0.39, 0.29) is 12.4 Å². The summed E-state index contributed by atoms with van der Waals surface area (Å²) in [6.45, 7) is -1.62. The summed E-state index contributed by atoms with van der Waals surface area (Å²) >= 11 is 6.10. The number of hydrogen-bond acceptors (Lipinski definition) is 1. The van der Waals surface area contributed by atoms with Gasteiger partial charge >= 0.3 is 0 Å². The van der Waals surface area contributed by atoms with Crippen molar-refractivity contribution in [1.82, 2.24) is 5.32 Å². The van der Waals surface area contributed by atoms with Gasteiger partial charge in [-0.05, 0) is 30.5 Å². The molecular weight excluding hydrogens is 277 g/mol. The van der Waals surface area contributed by atoms with Crippen LogP contribution in [0, 0.1) is 0 Å². The van der Waals surface area contributed by atoms with Gasteiger partial charge in [0.15, 0.2) is 0 Å². The normalized spacial score (nSPS) is 14.7. The van der Waals surface area contributed by atoms with E-state index in [0.29, 0.717) is 18.0 Å². The Labute approximate surface area is 130 Å². The zero-order chi connectivity index (χ0) is 15.3. The summed E-state index contributed by atoms with van der Waals surface area (Å²) in [6.07, 6.45) is 0.460. The molecule has 0 saturated carbocycles. The minimum absolute atomic E-state index is 0. The van der Waals surface area contributed by atoms with Crippen molar-refractivity contribution in [1.29, 1.82) is 0 Å². The van der Waals surface area contributed by atoms with E-state index in [1.165, 1.54) is 0 Å². The van der Waals surface area contributed by atoms with E-state index in [0.717, 1.165) is 11.1 Å². The molecule has 102 valence electrons. The lowest BCUT2D eigenvalue weighted by Crippen LogP contribution is -2.27. The van der Waals surface area contributed by atoms with Crippen LogP contribution < -0.4 is 5.32 Å². The maximum Gasteiger partial charge on any atom is 0.0450 e. The summed E-state index contributed by atoms with van der Waals surface area (Å²) in [4.78, 5) is 0. The number of benzene rings is 2. The van der Waals surface area contributed by atoms with Crippen molar-refractivity contribution < 1.29 is 4.11 Å². The third-order valence-electron chi connectivity index (χ3n) is 2.78. The topological polar surface area (TPSA) is 12.0 Å². The molecule has 0 amide bonds. The Morgan fingerprint density at radius 1 is 1.11 bits per heavy atom. The van der Waals surface area contributed by atoms with Crippen LogP contribution in [-0.4, -0.2) is 6.04 Å². The van der Waals surface area contributed by atoms with Crippen molar-refractivity contribution in [2.75, 3.05) is 0 Å². The largest absolute Gasteiger partial charge is 0.310 e. The van der Waals surface area contributed by atoms with E-state index >= 15 is 0 Å². The number of halogens is 2. The molecule has 1 N–H and O–H groups in total. The van der Waals surface area contributed by atoms with E-state index in [1.807, 2.05) is 48.5 Å². The highest BCUT2D eigenvalue weighted by Gasteiger charge is 2.04. The van der Waals surface area contributed by atoms with Gasteiger partial charge in [0.25, 0.3) is 0 Å². The van der Waals surface area contributed by atoms with Gasteiger partial charge in [-0.15, -0.1) is 12.4 Å². The summed E-state index contributed by atoms with van der Waals surface area (Å²) < 4.78 is 23.1. The predicted octanol–water partition coefficient (Wildman–Crippen LogP) is 4.48. The van der Waals surface area contributed by atoms with E-state index in [9.17, 15) is 0 Å². The quantitative estimate of drug-likeness (QED) is 0.858. The van der Waals surface area contributed by atoms with E-state index in [1.54, 1.807) is 6.07 Å². The first kappa shape index (κ1) is 11.8. The Hall–Kier alpha value is -1.02. The molecule has 2 rings (SSSR count). The zero-order valence-corrected chi connectivity index (χ0v) is 12.0. The lowest BCUT2D eigenvalue weighted by molar-refractivity contribution is 0.545. The Balaban J connectivity index is 0.00000242. The van der Waals surface area contributed by atoms with Gasteiger partial charge in [-0.2, -0.15) is 0 Å². The average Bonchev–Trinajstić information content (AvgIpc) is 2.45. The smallest absolute Gasteiger partial charge is 0.0450 e. The maximum absolute atomic E-state index is 7.70. The van der Waals surface area contributed by atoms with Crippen LogP contribution in [0.15, 0.2) is 54.6 Å². The SMILES string of the molecule is Cl.[2H]C([2H])([2H])[C@H](Cc1ccccc1)NCc1ccccc1Cl. The third kappa shape index (κ3) is 5.23. The Morgan fingerprint density at radius 2 is 1.79 bits per heavy atom. The van der Waals surface area contributed by atoms with Crippen LogP contribution in [0.2, 0.25) is 5.02 Å². The second kappa shape index (κ2) is 8.21. The molecule has 0 aliphatic heterocycles. The van der Waals surface area contributed by atoms with Crippen molar-refractivity contribution in [3.63, 3.8) is 0 Å². The molecule has 1 atom stereocenters. The summed E-state index contributed by atoms with van der Waals surface area (Å²) in [5.74, 6) is 0. The third-order valence-corrected chi connectivity index (χ3v) is 3.15. The summed E-state index contributed by atoms with van der Waals surface area (Å²) in [6, 6.07) is 16.5. The fourth-order valence-corrected chi connectivity index (χ4v) is 2.00. The zero-order valence-electron chi connectivity index (χ0n) is 13.5. The van der Waals surface area contributed by atoms with Crippen LogP contribution in [0.1, 0.15) is 22.1 Å². The Bertz CT molecular complexity index is 573. The van der Waals surface area contributed by atoms with Gasteiger partial charge in [0.2, 0.25) is 0 Å². The van der Waals surface area contributed by atoms with E-state index in [2.05, 4.69) is 5.32 Å². The summed E-state index contributed by atoms with van der Waals surface area (Å²) in [5.41, 5.74) is 1.91. The molecule has 0 aliphatic rings. The predicted molar refractivity (Wildman–Crippen MR) is 85.1 cm³/mol. The number of rotatable bonds is 5. The van der Waals surface area contributed by atoms with Gasteiger partial charge in [-0.25, -0.2) is 0 Å². The molecule has 0 spiro atoms. The number of nitrogens with one attached hydrogen (secondary N) is 1. The van der Waals surface area contributed by atoms with Crippen LogP contribution in [0.25, 0.3) is 0 Å². The average molecular weight is 299 g/mol. The summed E-state index contributed by atoms with van der Waals surface area (Å²) in [7, 11) is 0. The van der Waals surface area contributed by atoms with Gasteiger partial charge in [0, 0.05) is 21.7 Å². The molecule has 0 aromatic heterocycles. The van der Waals surface area contributed by atoms with Gasteiger partial charge in [0.1, 0.15) is 0 Å². The van der Waals surface area contributed by atoms with Crippen LogP contribution in [0.4, 0.5) is 0 Å². The molecule has 0 aliphatic carbocycles. The van der Waals surface area contributed by atoms with Gasteiger partial charge in [-0.1, -0.05) is 60.1 Å². The van der Waals surface area contributed by atoms with E-state index < -0.39 is 12.9 Å². The van der Waals surface area contributed by atoms with Crippen molar-refractivity contribution in [2.24, 2.45) is 0 Å². The minimum atomic E-state index is -2.06. The molecule has 1 nitrogen and oxygen atoms in total. The van der Waals surface area contributed by atoms with Gasteiger partial charge in [0.05, 0.1) is 0 Å². The molecule has 2 aromatic rings. The monoisotopic (exact) mass is 298 g/mol. The first-order chi connectivity index (χ1) is 9.97. The molecule has 0 radical (unpaired) electrons. The molecule has 0 bridgehead atoms. The lowest BCUT2D eigenvalue weighted by Gasteiger charge is -2.14. The highest BCUT2D eigenvalue weighted by molar-refractivity contribution is 6.31. The van der Waals surface area contributed by atoms with Crippen LogP contribution in [0.3, 0.4) is 0 Å². The van der Waals surface area contributed by atoms with Crippen molar-refractivity contribution in [3.05, 3.63) is 70.7 Å². The van der Waals surface area contributed by atoms with Crippen molar-refractivity contribution in [2.45, 2.75) is 25.9 Å². The minimum Gasteiger partial charge on any atom is -0.310 e. The molecule has 19 heavy (non-hydrogen) atoms. The number of hydrogen-bond donors (Lipinski definition) is 1. The molecular formula is C16H19Cl2N. The highest BCUT2D eigenvalue weighted by Crippen LogP contribution is 2.14. The van der Waals surface area contributed by atoms with Gasteiger partial charge in [-0.3, -0.25) is 0 Å². The molecule has 0 fully saturated rings. The molecule has 0 saturated heterocycles. The highest BCUT2D eigenvalue weighted by atomic mass is 35.5. The Kier molecular flexibility index (Phi) is 5.09. The van der Waals surface area contributed by atoms with Crippen LogP contribution in [-0.2, 0) is 13.0 Å².